The quantitative estimate of drug-likeness (QED) is 0.404. The molecule has 1 aromatic heterocycles. The third kappa shape index (κ3) is 3.96. The average Bonchev–Trinajstić information content (AvgIpc) is 2.41. The molecule has 2 aromatic rings. The first-order valence-corrected chi connectivity index (χ1v) is 6.16. The molecule has 1 aromatic carbocycles. The Labute approximate surface area is 116 Å². The van der Waals surface area contributed by atoms with Gasteiger partial charge in [-0.1, -0.05) is 46.6 Å². The first kappa shape index (κ1) is 13.4. The van der Waals surface area contributed by atoms with E-state index in [0.29, 0.717) is 17.6 Å². The van der Waals surface area contributed by atoms with Crippen LogP contribution in [0, 0.1) is 6.92 Å². The zero-order valence-corrected chi connectivity index (χ0v) is 11.3. The van der Waals surface area contributed by atoms with Crippen molar-refractivity contribution in [2.45, 2.75) is 13.5 Å². The lowest BCUT2D eigenvalue weighted by molar-refractivity contribution is 0.130. The highest BCUT2D eigenvalue weighted by atomic mass is 35.5. The molecule has 0 aliphatic rings. The molecule has 0 saturated carbocycles. The molecule has 0 fully saturated rings. The van der Waals surface area contributed by atoms with Crippen molar-refractivity contribution < 1.29 is 4.84 Å². The van der Waals surface area contributed by atoms with Crippen molar-refractivity contribution >= 4 is 17.4 Å². The van der Waals surface area contributed by atoms with E-state index in [-0.39, 0.29) is 0 Å². The van der Waals surface area contributed by atoms with E-state index in [2.05, 4.69) is 10.1 Å². The van der Waals surface area contributed by atoms with Crippen molar-refractivity contribution in [3.8, 4) is 0 Å². The highest BCUT2D eigenvalue weighted by molar-refractivity contribution is 6.29. The smallest absolute Gasteiger partial charge is 0.170 e. The molecule has 1 heterocycles. The summed E-state index contributed by atoms with van der Waals surface area (Å²) in [4.78, 5) is 9.15. The van der Waals surface area contributed by atoms with Crippen LogP contribution in [0.4, 0.5) is 0 Å². The fourth-order valence-corrected chi connectivity index (χ4v) is 1.64. The molecule has 0 unspecified atom stereocenters. The summed E-state index contributed by atoms with van der Waals surface area (Å²) < 4.78 is 0. The molecule has 0 bridgehead atoms. The fourth-order valence-electron chi connectivity index (χ4n) is 1.53. The summed E-state index contributed by atoms with van der Waals surface area (Å²) in [5.74, 6) is 0.352. The van der Waals surface area contributed by atoms with Gasteiger partial charge >= 0.3 is 0 Å². The molecule has 0 saturated heterocycles. The topological polar surface area (TPSA) is 60.5 Å². The SMILES string of the molecule is Cc1cccc(/C(N)=N/OCc2ccc(Cl)nc2)c1. The number of rotatable bonds is 4. The van der Waals surface area contributed by atoms with Crippen LogP contribution >= 0.6 is 11.6 Å². The van der Waals surface area contributed by atoms with Crippen LogP contribution in [0.25, 0.3) is 0 Å². The van der Waals surface area contributed by atoms with Crippen molar-refractivity contribution in [3.63, 3.8) is 0 Å². The van der Waals surface area contributed by atoms with E-state index in [1.165, 1.54) is 0 Å². The second-order valence-electron chi connectivity index (χ2n) is 4.11. The third-order valence-corrected chi connectivity index (χ3v) is 2.72. The molecular weight excluding hydrogens is 262 g/mol. The lowest BCUT2D eigenvalue weighted by atomic mass is 10.1. The number of aromatic nitrogens is 1. The first-order chi connectivity index (χ1) is 9.15. The molecule has 4 nitrogen and oxygen atoms in total. The summed E-state index contributed by atoms with van der Waals surface area (Å²) in [6.07, 6.45) is 1.64. The van der Waals surface area contributed by atoms with Gasteiger partial charge in [-0.05, 0) is 19.1 Å². The molecular formula is C14H14ClN3O. The predicted molar refractivity (Wildman–Crippen MR) is 75.9 cm³/mol. The van der Waals surface area contributed by atoms with Crippen LogP contribution < -0.4 is 5.73 Å². The highest BCUT2D eigenvalue weighted by Crippen LogP contribution is 2.07. The van der Waals surface area contributed by atoms with E-state index in [0.717, 1.165) is 16.7 Å². The molecule has 5 heteroatoms. The van der Waals surface area contributed by atoms with Crippen molar-refractivity contribution in [3.05, 3.63) is 64.4 Å². The molecule has 0 aliphatic heterocycles. The van der Waals surface area contributed by atoms with Crippen LogP contribution in [-0.2, 0) is 11.4 Å². The van der Waals surface area contributed by atoms with Gasteiger partial charge in [-0.3, -0.25) is 0 Å². The minimum atomic E-state index is 0.302. The maximum absolute atomic E-state index is 5.84. The van der Waals surface area contributed by atoms with Gasteiger partial charge in [0.05, 0.1) is 0 Å². The lowest BCUT2D eigenvalue weighted by Crippen LogP contribution is -2.13. The number of nitrogens with two attached hydrogens (primary N) is 1. The van der Waals surface area contributed by atoms with Gasteiger partial charge in [-0.2, -0.15) is 0 Å². The van der Waals surface area contributed by atoms with Crippen LogP contribution in [-0.4, -0.2) is 10.8 Å². The Morgan fingerprint density at radius 1 is 1.37 bits per heavy atom. The number of hydrogen-bond acceptors (Lipinski definition) is 3. The summed E-state index contributed by atoms with van der Waals surface area (Å²) in [7, 11) is 0. The summed E-state index contributed by atoms with van der Waals surface area (Å²) in [5, 5.41) is 4.34. The lowest BCUT2D eigenvalue weighted by Gasteiger charge is -2.03. The van der Waals surface area contributed by atoms with Gasteiger partial charge in [-0.25, -0.2) is 4.98 Å². The standard InChI is InChI=1S/C14H14ClN3O/c1-10-3-2-4-12(7-10)14(16)18-19-9-11-5-6-13(15)17-8-11/h2-8H,9H2,1H3,(H2,16,18). The van der Waals surface area contributed by atoms with Gasteiger partial charge in [0.25, 0.3) is 0 Å². The van der Waals surface area contributed by atoms with Gasteiger partial charge in [0, 0.05) is 17.3 Å². The van der Waals surface area contributed by atoms with Crippen LogP contribution in [0.2, 0.25) is 5.15 Å². The van der Waals surface area contributed by atoms with Gasteiger partial charge in [0.15, 0.2) is 5.84 Å². The van der Waals surface area contributed by atoms with Crippen LogP contribution in [0.3, 0.4) is 0 Å². The zero-order valence-electron chi connectivity index (χ0n) is 10.5. The molecule has 0 amide bonds. The Hall–Kier alpha value is -2.07. The summed E-state index contributed by atoms with van der Waals surface area (Å²) >= 11 is 5.69. The second kappa shape index (κ2) is 6.20. The molecule has 2 N–H and O–H groups in total. The number of benzene rings is 1. The summed E-state index contributed by atoms with van der Waals surface area (Å²) in [5.41, 5.74) is 8.68. The average molecular weight is 276 g/mol. The zero-order chi connectivity index (χ0) is 13.7. The number of halogens is 1. The number of oxime groups is 1. The predicted octanol–water partition coefficient (Wildman–Crippen LogP) is 2.88. The van der Waals surface area contributed by atoms with Gasteiger partial charge in [0.2, 0.25) is 0 Å². The minimum Gasteiger partial charge on any atom is -0.389 e. The van der Waals surface area contributed by atoms with E-state index in [9.17, 15) is 0 Å². The van der Waals surface area contributed by atoms with Gasteiger partial charge < -0.3 is 10.6 Å². The number of amidine groups is 1. The maximum atomic E-state index is 5.84. The third-order valence-electron chi connectivity index (χ3n) is 2.50. The molecule has 2 rings (SSSR count). The summed E-state index contributed by atoms with van der Waals surface area (Å²) in [6, 6.07) is 11.3. The Morgan fingerprint density at radius 3 is 2.89 bits per heavy atom. The molecule has 98 valence electrons. The van der Waals surface area contributed by atoms with Crippen molar-refractivity contribution in [1.82, 2.24) is 4.98 Å². The Balaban J connectivity index is 1.97. The number of pyridine rings is 1. The highest BCUT2D eigenvalue weighted by Gasteiger charge is 1.99. The first-order valence-electron chi connectivity index (χ1n) is 5.78. The normalized spacial score (nSPS) is 11.4. The van der Waals surface area contributed by atoms with E-state index in [4.69, 9.17) is 22.2 Å². The van der Waals surface area contributed by atoms with E-state index < -0.39 is 0 Å². The van der Waals surface area contributed by atoms with Gasteiger partial charge in [0.1, 0.15) is 11.8 Å². The maximum Gasteiger partial charge on any atom is 0.170 e. The van der Waals surface area contributed by atoms with E-state index in [1.807, 2.05) is 37.3 Å². The monoisotopic (exact) mass is 275 g/mol. The van der Waals surface area contributed by atoms with E-state index in [1.54, 1.807) is 12.3 Å². The van der Waals surface area contributed by atoms with Gasteiger partial charge in [-0.15, -0.1) is 0 Å². The molecule has 0 aliphatic carbocycles. The van der Waals surface area contributed by atoms with Crippen LogP contribution in [0.15, 0.2) is 47.8 Å². The van der Waals surface area contributed by atoms with Crippen molar-refractivity contribution in [2.24, 2.45) is 10.9 Å². The van der Waals surface area contributed by atoms with Crippen molar-refractivity contribution in [1.29, 1.82) is 0 Å². The second-order valence-corrected chi connectivity index (χ2v) is 4.50. The Kier molecular flexibility index (Phi) is 4.36. The largest absolute Gasteiger partial charge is 0.389 e. The van der Waals surface area contributed by atoms with Crippen LogP contribution in [0.1, 0.15) is 16.7 Å². The van der Waals surface area contributed by atoms with E-state index >= 15 is 0 Å². The number of nitrogens with zero attached hydrogens (tertiary/aromatic N) is 2. The Morgan fingerprint density at radius 2 is 2.21 bits per heavy atom. The fraction of sp³-hybridized carbons (Fsp3) is 0.143. The molecule has 19 heavy (non-hydrogen) atoms. The summed E-state index contributed by atoms with van der Waals surface area (Å²) in [6.45, 7) is 2.30. The van der Waals surface area contributed by atoms with Crippen molar-refractivity contribution in [2.75, 3.05) is 0 Å². The molecule has 0 atom stereocenters. The number of hydrogen-bond donors (Lipinski definition) is 1. The minimum absolute atomic E-state index is 0.302. The molecule has 0 spiro atoms. The number of aryl methyl sites for hydroxylation is 1. The molecule has 0 radical (unpaired) electrons. The Bertz CT molecular complexity index is 581. The van der Waals surface area contributed by atoms with Crippen LogP contribution in [0.5, 0.6) is 0 Å².